The van der Waals surface area contributed by atoms with Gasteiger partial charge in [-0.25, -0.2) is 0 Å². The van der Waals surface area contributed by atoms with Crippen molar-refractivity contribution in [3.05, 3.63) is 97.2 Å². The minimum absolute atomic E-state index is 0.0907. The van der Waals surface area contributed by atoms with Crippen molar-refractivity contribution in [1.29, 1.82) is 0 Å². The maximum atomic E-state index is 12.8. The number of hydrogen-bond donors (Lipinski definition) is 0. The Kier molecular flexibility index (Phi) is 57.8. The first-order valence-electron chi connectivity index (χ1n) is 30.7. The Hall–Kier alpha value is -3.67. The molecular formula is C67H114O6. The molecule has 0 aromatic heterocycles. The molecule has 418 valence electrons. The number of carbonyl (C=O) groups is 3. The van der Waals surface area contributed by atoms with Crippen LogP contribution in [-0.4, -0.2) is 37.2 Å². The van der Waals surface area contributed by atoms with Crippen molar-refractivity contribution in [3.63, 3.8) is 0 Å². The fourth-order valence-electron chi connectivity index (χ4n) is 8.54. The number of allylic oxidation sites excluding steroid dienone is 16. The average Bonchev–Trinajstić information content (AvgIpc) is 3.39. The number of unbranched alkanes of at least 4 members (excludes halogenated alkanes) is 28. The first kappa shape index (κ1) is 69.3. The molecule has 0 aliphatic rings. The zero-order valence-electron chi connectivity index (χ0n) is 47.9. The highest BCUT2D eigenvalue weighted by Gasteiger charge is 2.19. The molecule has 0 N–H and O–H groups in total. The van der Waals surface area contributed by atoms with Gasteiger partial charge in [-0.05, 0) is 96.3 Å². The van der Waals surface area contributed by atoms with E-state index in [-0.39, 0.29) is 37.5 Å². The van der Waals surface area contributed by atoms with Gasteiger partial charge in [0.05, 0.1) is 0 Å². The maximum absolute atomic E-state index is 12.8. The van der Waals surface area contributed by atoms with Crippen LogP contribution in [0.5, 0.6) is 0 Å². The fourth-order valence-corrected chi connectivity index (χ4v) is 8.54. The lowest BCUT2D eigenvalue weighted by Crippen LogP contribution is -2.30. The standard InChI is InChI=1S/C67H114O6/c1-4-7-10-13-16-18-20-22-24-25-26-27-28-29-30-31-32-33-34-35-36-37-38-39-40-41-43-44-46-48-51-54-57-60-66(69)72-63-64(62-71-65(68)59-56-53-50-15-12-9-6-3)73-67(70)61-58-55-52-49-47-45-42-23-21-19-17-14-11-8-5-2/h7-8,10-11,16-19,22-24,26-27,42,47,49,64H,4-6,9,12-15,20-21,25,28-41,43-46,48,50-63H2,1-3H3/b10-7-,11-8-,18-16-,19-17-,24-22-,27-26-,42-23-,49-47-. The summed E-state index contributed by atoms with van der Waals surface area (Å²) in [6.07, 6.45) is 81.7. The van der Waals surface area contributed by atoms with Crippen molar-refractivity contribution in [2.75, 3.05) is 13.2 Å². The smallest absolute Gasteiger partial charge is 0.306 e. The van der Waals surface area contributed by atoms with Crippen molar-refractivity contribution in [2.45, 2.75) is 297 Å². The molecular weight excluding hydrogens is 901 g/mol. The number of ether oxygens (including phenoxy) is 3. The summed E-state index contributed by atoms with van der Waals surface area (Å²) in [4.78, 5) is 37.9. The van der Waals surface area contributed by atoms with Crippen LogP contribution < -0.4 is 0 Å². The van der Waals surface area contributed by atoms with Crippen LogP contribution >= 0.6 is 0 Å². The van der Waals surface area contributed by atoms with Crippen LogP contribution in [-0.2, 0) is 28.6 Å². The van der Waals surface area contributed by atoms with Crippen molar-refractivity contribution in [3.8, 4) is 0 Å². The van der Waals surface area contributed by atoms with E-state index in [1.807, 2.05) is 0 Å². The van der Waals surface area contributed by atoms with E-state index in [9.17, 15) is 14.4 Å². The van der Waals surface area contributed by atoms with E-state index in [0.717, 1.165) is 103 Å². The molecule has 73 heavy (non-hydrogen) atoms. The van der Waals surface area contributed by atoms with Gasteiger partial charge in [-0.3, -0.25) is 14.4 Å². The quantitative estimate of drug-likeness (QED) is 0.0261. The summed E-state index contributed by atoms with van der Waals surface area (Å²) in [6.45, 7) is 6.35. The van der Waals surface area contributed by atoms with Crippen LogP contribution in [0.15, 0.2) is 97.2 Å². The highest BCUT2D eigenvalue weighted by Crippen LogP contribution is 2.17. The van der Waals surface area contributed by atoms with Crippen molar-refractivity contribution < 1.29 is 28.6 Å². The lowest BCUT2D eigenvalue weighted by atomic mass is 10.0. The van der Waals surface area contributed by atoms with Crippen LogP contribution in [0.3, 0.4) is 0 Å². The number of carbonyl (C=O) groups excluding carboxylic acids is 3. The topological polar surface area (TPSA) is 78.9 Å². The van der Waals surface area contributed by atoms with E-state index in [1.165, 1.54) is 141 Å². The number of hydrogen-bond acceptors (Lipinski definition) is 6. The Bertz CT molecular complexity index is 1440. The highest BCUT2D eigenvalue weighted by atomic mass is 16.6. The van der Waals surface area contributed by atoms with Crippen LogP contribution in [0, 0.1) is 0 Å². The van der Waals surface area contributed by atoms with Gasteiger partial charge in [0, 0.05) is 19.3 Å². The van der Waals surface area contributed by atoms with Gasteiger partial charge in [0.15, 0.2) is 6.10 Å². The van der Waals surface area contributed by atoms with Crippen LogP contribution in [0.1, 0.15) is 290 Å². The van der Waals surface area contributed by atoms with Gasteiger partial charge in [0.25, 0.3) is 0 Å². The summed E-state index contributed by atoms with van der Waals surface area (Å²) in [5.41, 5.74) is 0. The van der Waals surface area contributed by atoms with Gasteiger partial charge >= 0.3 is 17.9 Å². The van der Waals surface area contributed by atoms with Crippen molar-refractivity contribution in [1.82, 2.24) is 0 Å². The molecule has 1 atom stereocenters. The molecule has 0 aromatic carbocycles. The Morgan fingerprint density at radius 2 is 0.534 bits per heavy atom. The summed E-state index contributed by atoms with van der Waals surface area (Å²) in [5, 5.41) is 0. The molecule has 0 heterocycles. The normalized spacial score (nSPS) is 12.8. The molecule has 6 nitrogen and oxygen atoms in total. The van der Waals surface area contributed by atoms with Gasteiger partial charge in [-0.2, -0.15) is 0 Å². The molecule has 0 bridgehead atoms. The number of rotatable bonds is 55. The molecule has 0 saturated heterocycles. The molecule has 1 unspecified atom stereocenters. The van der Waals surface area contributed by atoms with Crippen LogP contribution in [0.4, 0.5) is 0 Å². The lowest BCUT2D eigenvalue weighted by molar-refractivity contribution is -0.167. The highest BCUT2D eigenvalue weighted by molar-refractivity contribution is 5.71. The fraction of sp³-hybridized carbons (Fsp3) is 0.716. The monoisotopic (exact) mass is 1010 g/mol. The second-order valence-electron chi connectivity index (χ2n) is 20.2. The average molecular weight is 1020 g/mol. The molecule has 0 aliphatic carbocycles. The maximum Gasteiger partial charge on any atom is 0.306 e. The molecule has 0 aromatic rings. The minimum atomic E-state index is -0.794. The van der Waals surface area contributed by atoms with E-state index in [2.05, 4.69) is 118 Å². The molecule has 0 spiro atoms. The van der Waals surface area contributed by atoms with Gasteiger partial charge in [0.1, 0.15) is 13.2 Å². The first-order chi connectivity index (χ1) is 36.0. The van der Waals surface area contributed by atoms with E-state index >= 15 is 0 Å². The van der Waals surface area contributed by atoms with E-state index in [0.29, 0.717) is 19.3 Å². The molecule has 0 rings (SSSR count). The second-order valence-corrected chi connectivity index (χ2v) is 20.2. The molecule has 0 aliphatic heterocycles. The van der Waals surface area contributed by atoms with Gasteiger partial charge in [-0.1, -0.05) is 272 Å². The molecule has 0 amide bonds. The van der Waals surface area contributed by atoms with Gasteiger partial charge in [-0.15, -0.1) is 0 Å². The third kappa shape index (κ3) is 59.1. The summed E-state index contributed by atoms with van der Waals surface area (Å²) >= 11 is 0. The van der Waals surface area contributed by atoms with E-state index in [4.69, 9.17) is 14.2 Å². The molecule has 0 fully saturated rings. The van der Waals surface area contributed by atoms with Crippen molar-refractivity contribution in [2.24, 2.45) is 0 Å². The van der Waals surface area contributed by atoms with Gasteiger partial charge in [0.2, 0.25) is 0 Å². The largest absolute Gasteiger partial charge is 0.462 e. The second kappa shape index (κ2) is 60.9. The summed E-state index contributed by atoms with van der Waals surface area (Å²) in [6, 6.07) is 0. The number of esters is 3. The minimum Gasteiger partial charge on any atom is -0.462 e. The predicted octanol–water partition coefficient (Wildman–Crippen LogP) is 20.9. The Morgan fingerprint density at radius 1 is 0.288 bits per heavy atom. The van der Waals surface area contributed by atoms with Crippen LogP contribution in [0.2, 0.25) is 0 Å². The van der Waals surface area contributed by atoms with E-state index < -0.39 is 6.10 Å². The van der Waals surface area contributed by atoms with Gasteiger partial charge < -0.3 is 14.2 Å². The molecule has 0 saturated carbocycles. The zero-order valence-corrected chi connectivity index (χ0v) is 47.9. The lowest BCUT2D eigenvalue weighted by Gasteiger charge is -2.18. The third-order valence-electron chi connectivity index (χ3n) is 13.1. The zero-order chi connectivity index (χ0) is 52.9. The Labute approximate surface area is 451 Å². The Balaban J connectivity index is 4.02. The molecule has 0 radical (unpaired) electrons. The SMILES string of the molecule is CC/C=C\C/C=C\C/C=C\C/C=C\CCCCCCCCCCCCCCCCCCCCCCC(=O)OCC(COC(=O)CCCCCCCCC)OC(=O)CCCC/C=C\C/C=C\C/C=C\C/C=C\CC. The van der Waals surface area contributed by atoms with Crippen LogP contribution in [0.25, 0.3) is 0 Å². The molecule has 6 heteroatoms. The summed E-state index contributed by atoms with van der Waals surface area (Å²) in [7, 11) is 0. The first-order valence-corrected chi connectivity index (χ1v) is 30.7. The summed E-state index contributed by atoms with van der Waals surface area (Å²) < 4.78 is 16.7. The van der Waals surface area contributed by atoms with E-state index in [1.54, 1.807) is 0 Å². The van der Waals surface area contributed by atoms with Crippen molar-refractivity contribution >= 4 is 17.9 Å². The Morgan fingerprint density at radius 3 is 0.863 bits per heavy atom. The third-order valence-corrected chi connectivity index (χ3v) is 13.1. The summed E-state index contributed by atoms with van der Waals surface area (Å²) in [5.74, 6) is -0.933. The predicted molar refractivity (Wildman–Crippen MR) is 316 cm³/mol.